The first-order chi connectivity index (χ1) is 17.3. The minimum atomic E-state index is -1.85. The van der Waals surface area contributed by atoms with E-state index in [2.05, 4.69) is 10.6 Å². The largest absolute Gasteiger partial charge is 0.494 e. The minimum Gasteiger partial charge on any atom is -0.494 e. The van der Waals surface area contributed by atoms with Crippen LogP contribution in [0.3, 0.4) is 0 Å². The van der Waals surface area contributed by atoms with Crippen LogP contribution in [0.25, 0.3) is 0 Å². The SMILES string of the molecule is CCOc1ccc(NC(=O)C[S@@](=O)CC(=O)N(c2cccc(F)c2)[C@H](C)C(=O)NC2CCCC2)cc1. The zero-order chi connectivity index (χ0) is 26.1. The fraction of sp³-hybridized carbons (Fsp3) is 0.423. The molecule has 0 aromatic heterocycles. The topological polar surface area (TPSA) is 105 Å². The van der Waals surface area contributed by atoms with Crippen molar-refractivity contribution in [2.45, 2.75) is 51.6 Å². The van der Waals surface area contributed by atoms with Gasteiger partial charge >= 0.3 is 0 Å². The second-order valence-electron chi connectivity index (χ2n) is 8.64. The molecule has 0 heterocycles. The zero-order valence-electron chi connectivity index (χ0n) is 20.5. The van der Waals surface area contributed by atoms with Crippen LogP contribution in [0.5, 0.6) is 5.75 Å². The van der Waals surface area contributed by atoms with Crippen molar-refractivity contribution in [3.05, 3.63) is 54.3 Å². The molecule has 3 amide bonds. The summed E-state index contributed by atoms with van der Waals surface area (Å²) < 4.78 is 32.0. The van der Waals surface area contributed by atoms with Gasteiger partial charge in [-0.3, -0.25) is 23.5 Å². The number of hydrogen-bond acceptors (Lipinski definition) is 5. The molecule has 0 spiro atoms. The van der Waals surface area contributed by atoms with E-state index in [1.165, 1.54) is 18.2 Å². The maximum Gasteiger partial charge on any atom is 0.243 e. The second kappa shape index (κ2) is 13.2. The monoisotopic (exact) mass is 517 g/mol. The first-order valence-electron chi connectivity index (χ1n) is 12.0. The fourth-order valence-electron chi connectivity index (χ4n) is 4.12. The lowest BCUT2D eigenvalue weighted by atomic mass is 10.1. The standard InChI is InChI=1S/C26H32FN3O5S/c1-3-35-23-13-11-21(12-14-23)28-24(31)16-36(34)17-25(32)30(22-10-6-7-19(27)15-22)18(2)26(33)29-20-8-4-5-9-20/h6-7,10-15,18,20H,3-5,8-9,16-17H2,1-2H3,(H,28,31)(H,29,33)/t18-,36-/m1/s1. The minimum absolute atomic E-state index is 0.0461. The molecule has 3 rings (SSSR count). The van der Waals surface area contributed by atoms with E-state index in [4.69, 9.17) is 4.74 Å². The van der Waals surface area contributed by atoms with Crippen molar-refractivity contribution in [3.8, 4) is 5.75 Å². The van der Waals surface area contributed by atoms with Crippen LogP contribution in [0.4, 0.5) is 15.8 Å². The average molecular weight is 518 g/mol. The van der Waals surface area contributed by atoms with E-state index in [9.17, 15) is 23.0 Å². The number of halogens is 1. The van der Waals surface area contributed by atoms with E-state index < -0.39 is 46.0 Å². The molecule has 0 bridgehead atoms. The Morgan fingerprint density at radius 3 is 2.44 bits per heavy atom. The molecule has 2 N–H and O–H groups in total. The van der Waals surface area contributed by atoms with Crippen LogP contribution in [0.2, 0.25) is 0 Å². The molecule has 0 unspecified atom stereocenters. The van der Waals surface area contributed by atoms with Gasteiger partial charge in [-0.1, -0.05) is 18.9 Å². The number of anilines is 2. The van der Waals surface area contributed by atoms with Crippen LogP contribution < -0.4 is 20.3 Å². The zero-order valence-corrected chi connectivity index (χ0v) is 21.3. The van der Waals surface area contributed by atoms with Crippen molar-refractivity contribution in [1.82, 2.24) is 5.32 Å². The van der Waals surface area contributed by atoms with Gasteiger partial charge in [0.1, 0.15) is 29.1 Å². The summed E-state index contributed by atoms with van der Waals surface area (Å²) in [6.45, 7) is 3.94. The Kier molecular flexibility index (Phi) is 9.98. The molecule has 0 radical (unpaired) electrons. The number of carbonyl (C=O) groups is 3. The molecule has 194 valence electrons. The molecule has 0 aliphatic heterocycles. The first-order valence-corrected chi connectivity index (χ1v) is 13.5. The summed E-state index contributed by atoms with van der Waals surface area (Å²) in [4.78, 5) is 39.6. The van der Waals surface area contributed by atoms with Crippen molar-refractivity contribution >= 4 is 39.9 Å². The maximum atomic E-state index is 13.9. The lowest BCUT2D eigenvalue weighted by Crippen LogP contribution is -2.51. The summed E-state index contributed by atoms with van der Waals surface area (Å²) in [6.07, 6.45) is 3.81. The lowest BCUT2D eigenvalue weighted by molar-refractivity contribution is -0.125. The Morgan fingerprint density at radius 2 is 1.81 bits per heavy atom. The third-order valence-electron chi connectivity index (χ3n) is 5.85. The highest BCUT2D eigenvalue weighted by molar-refractivity contribution is 7.86. The number of hydrogen-bond donors (Lipinski definition) is 2. The van der Waals surface area contributed by atoms with Gasteiger partial charge in [0.15, 0.2) is 0 Å². The number of nitrogens with one attached hydrogen (secondary N) is 2. The van der Waals surface area contributed by atoms with Gasteiger partial charge in [0.2, 0.25) is 17.7 Å². The number of carbonyl (C=O) groups excluding carboxylic acids is 3. The number of nitrogens with zero attached hydrogens (tertiary/aromatic N) is 1. The molecule has 1 saturated carbocycles. The van der Waals surface area contributed by atoms with Crippen molar-refractivity contribution in [2.75, 3.05) is 28.3 Å². The predicted molar refractivity (Wildman–Crippen MR) is 138 cm³/mol. The average Bonchev–Trinajstić information content (AvgIpc) is 3.33. The van der Waals surface area contributed by atoms with Gasteiger partial charge < -0.3 is 15.4 Å². The molecule has 1 aliphatic carbocycles. The molecule has 0 saturated heterocycles. The summed E-state index contributed by atoms with van der Waals surface area (Å²) in [5.74, 6) is -2.32. The van der Waals surface area contributed by atoms with Gasteiger partial charge in [0.25, 0.3) is 0 Å². The summed E-state index contributed by atoms with van der Waals surface area (Å²) in [6, 6.07) is 11.2. The van der Waals surface area contributed by atoms with Crippen LogP contribution in [0.15, 0.2) is 48.5 Å². The van der Waals surface area contributed by atoms with E-state index in [1.807, 2.05) is 6.92 Å². The molecule has 2 aromatic carbocycles. The highest BCUT2D eigenvalue weighted by atomic mass is 32.2. The van der Waals surface area contributed by atoms with Crippen LogP contribution in [-0.4, -0.2) is 52.1 Å². The number of benzene rings is 2. The Bertz CT molecular complexity index is 1090. The summed E-state index contributed by atoms with van der Waals surface area (Å²) in [5, 5.41) is 5.59. The third kappa shape index (κ3) is 7.87. The molecular formula is C26H32FN3O5S. The molecule has 2 aromatic rings. The van der Waals surface area contributed by atoms with E-state index >= 15 is 0 Å². The molecule has 8 nitrogen and oxygen atoms in total. The summed E-state index contributed by atoms with van der Waals surface area (Å²) >= 11 is 0. The molecule has 2 atom stereocenters. The predicted octanol–water partition coefficient (Wildman–Crippen LogP) is 3.39. The van der Waals surface area contributed by atoms with Gasteiger partial charge in [-0.2, -0.15) is 0 Å². The van der Waals surface area contributed by atoms with Gasteiger partial charge in [-0.25, -0.2) is 4.39 Å². The third-order valence-corrected chi connectivity index (χ3v) is 7.00. The van der Waals surface area contributed by atoms with E-state index in [1.54, 1.807) is 31.2 Å². The fourth-order valence-corrected chi connectivity index (χ4v) is 5.00. The van der Waals surface area contributed by atoms with Gasteiger partial charge in [0, 0.05) is 28.2 Å². The molecular weight excluding hydrogens is 485 g/mol. The van der Waals surface area contributed by atoms with E-state index in [-0.39, 0.29) is 17.6 Å². The van der Waals surface area contributed by atoms with E-state index in [0.29, 0.717) is 18.0 Å². The Morgan fingerprint density at radius 1 is 1.11 bits per heavy atom. The number of rotatable bonds is 11. The normalized spacial score (nSPS) is 15.1. The number of amides is 3. The van der Waals surface area contributed by atoms with Crippen molar-refractivity contribution in [2.24, 2.45) is 0 Å². The van der Waals surface area contributed by atoms with Crippen molar-refractivity contribution in [1.29, 1.82) is 0 Å². The Balaban J connectivity index is 1.64. The number of ether oxygens (including phenoxy) is 1. The first kappa shape index (κ1) is 27.3. The molecule has 36 heavy (non-hydrogen) atoms. The van der Waals surface area contributed by atoms with Gasteiger partial charge in [0.05, 0.1) is 6.61 Å². The summed E-state index contributed by atoms with van der Waals surface area (Å²) in [5.41, 5.74) is 0.690. The lowest BCUT2D eigenvalue weighted by Gasteiger charge is -2.29. The van der Waals surface area contributed by atoms with Crippen molar-refractivity contribution < 1.29 is 27.7 Å². The molecule has 1 aliphatic rings. The quantitative estimate of drug-likeness (QED) is 0.476. The van der Waals surface area contributed by atoms with Gasteiger partial charge in [-0.05, 0) is 69.2 Å². The van der Waals surface area contributed by atoms with Crippen molar-refractivity contribution in [3.63, 3.8) is 0 Å². The van der Waals surface area contributed by atoms with Crippen LogP contribution in [0, 0.1) is 5.82 Å². The van der Waals surface area contributed by atoms with Gasteiger partial charge in [-0.15, -0.1) is 0 Å². The smallest absolute Gasteiger partial charge is 0.243 e. The highest BCUT2D eigenvalue weighted by Crippen LogP contribution is 2.22. The van der Waals surface area contributed by atoms with Crippen LogP contribution in [0.1, 0.15) is 39.5 Å². The highest BCUT2D eigenvalue weighted by Gasteiger charge is 2.30. The Hall–Kier alpha value is -3.27. The molecule has 1 fully saturated rings. The maximum absolute atomic E-state index is 13.9. The van der Waals surface area contributed by atoms with Crippen LogP contribution >= 0.6 is 0 Å². The Labute approximate surface area is 213 Å². The second-order valence-corrected chi connectivity index (χ2v) is 10.1. The van der Waals surface area contributed by atoms with E-state index in [0.717, 1.165) is 36.6 Å². The van der Waals surface area contributed by atoms with Crippen LogP contribution in [-0.2, 0) is 25.2 Å². The summed E-state index contributed by atoms with van der Waals surface area (Å²) in [7, 11) is -1.85. The molecule has 10 heteroatoms.